The van der Waals surface area contributed by atoms with Crippen LogP contribution in [0.5, 0.6) is 0 Å². The SMILES string of the molecule is NCC1(c2cc(Cl)nc(Cl)c2)CCCC1. The minimum absolute atomic E-state index is 0.0796. The molecule has 1 aromatic rings. The summed E-state index contributed by atoms with van der Waals surface area (Å²) in [5.74, 6) is 0. The highest BCUT2D eigenvalue weighted by Crippen LogP contribution is 2.41. The van der Waals surface area contributed by atoms with Crippen LogP contribution in [0.25, 0.3) is 0 Å². The van der Waals surface area contributed by atoms with Gasteiger partial charge in [-0.25, -0.2) is 4.98 Å². The normalized spacial score (nSPS) is 19.4. The molecule has 1 aliphatic carbocycles. The Morgan fingerprint density at radius 1 is 1.20 bits per heavy atom. The number of pyridine rings is 1. The molecule has 4 heteroatoms. The van der Waals surface area contributed by atoms with Crippen LogP contribution in [0.1, 0.15) is 31.2 Å². The lowest BCUT2D eigenvalue weighted by Gasteiger charge is -2.27. The van der Waals surface area contributed by atoms with Gasteiger partial charge in [0.1, 0.15) is 10.3 Å². The Bertz CT molecular complexity index is 339. The van der Waals surface area contributed by atoms with E-state index in [2.05, 4.69) is 4.98 Å². The highest BCUT2D eigenvalue weighted by Gasteiger charge is 2.34. The maximum absolute atomic E-state index is 5.91. The molecule has 1 aromatic heterocycles. The Morgan fingerprint density at radius 3 is 2.20 bits per heavy atom. The van der Waals surface area contributed by atoms with E-state index in [-0.39, 0.29) is 5.41 Å². The van der Waals surface area contributed by atoms with Crippen LogP contribution >= 0.6 is 23.2 Å². The third-order valence-electron chi connectivity index (χ3n) is 3.33. The summed E-state index contributed by atoms with van der Waals surface area (Å²) in [4.78, 5) is 3.96. The summed E-state index contributed by atoms with van der Waals surface area (Å²) >= 11 is 11.8. The molecule has 0 bridgehead atoms. The van der Waals surface area contributed by atoms with Gasteiger partial charge in [-0.2, -0.15) is 0 Å². The van der Waals surface area contributed by atoms with Crippen molar-refractivity contribution in [1.29, 1.82) is 0 Å². The molecule has 1 saturated carbocycles. The lowest BCUT2D eigenvalue weighted by atomic mass is 9.79. The molecule has 0 unspecified atom stereocenters. The van der Waals surface area contributed by atoms with Gasteiger partial charge >= 0.3 is 0 Å². The van der Waals surface area contributed by atoms with Gasteiger partial charge in [0.2, 0.25) is 0 Å². The van der Waals surface area contributed by atoms with Crippen LogP contribution in [-0.4, -0.2) is 11.5 Å². The van der Waals surface area contributed by atoms with Gasteiger partial charge in [-0.3, -0.25) is 0 Å². The minimum Gasteiger partial charge on any atom is -0.330 e. The van der Waals surface area contributed by atoms with E-state index in [1.165, 1.54) is 12.8 Å². The van der Waals surface area contributed by atoms with Crippen LogP contribution in [0.2, 0.25) is 10.3 Å². The first-order valence-electron chi connectivity index (χ1n) is 5.20. The molecule has 82 valence electrons. The van der Waals surface area contributed by atoms with Gasteiger partial charge in [-0.15, -0.1) is 0 Å². The second kappa shape index (κ2) is 4.28. The molecular weight excluding hydrogens is 231 g/mol. The van der Waals surface area contributed by atoms with Gasteiger partial charge in [-0.05, 0) is 30.5 Å². The molecule has 0 radical (unpaired) electrons. The molecule has 1 fully saturated rings. The highest BCUT2D eigenvalue weighted by molar-refractivity contribution is 6.32. The molecule has 2 nitrogen and oxygen atoms in total. The van der Waals surface area contributed by atoms with Crippen molar-refractivity contribution in [2.75, 3.05) is 6.54 Å². The Kier molecular flexibility index (Phi) is 3.19. The van der Waals surface area contributed by atoms with Crippen LogP contribution in [0.15, 0.2) is 12.1 Å². The fourth-order valence-corrected chi connectivity index (χ4v) is 2.89. The number of halogens is 2. The van der Waals surface area contributed by atoms with E-state index in [0.717, 1.165) is 18.4 Å². The van der Waals surface area contributed by atoms with Gasteiger partial charge in [-0.1, -0.05) is 36.0 Å². The van der Waals surface area contributed by atoms with Crippen molar-refractivity contribution in [1.82, 2.24) is 4.98 Å². The summed E-state index contributed by atoms with van der Waals surface area (Å²) in [5, 5.41) is 0.912. The molecule has 0 saturated heterocycles. The summed E-state index contributed by atoms with van der Waals surface area (Å²) < 4.78 is 0. The Balaban J connectivity index is 2.42. The van der Waals surface area contributed by atoms with Crippen LogP contribution < -0.4 is 5.73 Å². The second-order valence-electron chi connectivity index (χ2n) is 4.19. The lowest BCUT2D eigenvalue weighted by Crippen LogP contribution is -2.32. The monoisotopic (exact) mass is 244 g/mol. The van der Waals surface area contributed by atoms with Crippen molar-refractivity contribution < 1.29 is 0 Å². The third kappa shape index (κ3) is 2.12. The van der Waals surface area contributed by atoms with E-state index in [0.29, 0.717) is 16.9 Å². The average Bonchev–Trinajstić information content (AvgIpc) is 2.65. The van der Waals surface area contributed by atoms with Crippen molar-refractivity contribution in [2.24, 2.45) is 5.73 Å². The fraction of sp³-hybridized carbons (Fsp3) is 0.545. The van der Waals surface area contributed by atoms with Crippen molar-refractivity contribution in [3.63, 3.8) is 0 Å². The molecule has 1 heterocycles. The van der Waals surface area contributed by atoms with E-state index in [4.69, 9.17) is 28.9 Å². The van der Waals surface area contributed by atoms with Gasteiger partial charge < -0.3 is 5.73 Å². The maximum atomic E-state index is 5.91. The predicted octanol–water partition coefficient (Wildman–Crippen LogP) is 3.16. The van der Waals surface area contributed by atoms with Crippen molar-refractivity contribution in [3.05, 3.63) is 28.0 Å². The minimum atomic E-state index is 0.0796. The zero-order valence-corrected chi connectivity index (χ0v) is 9.98. The fourth-order valence-electron chi connectivity index (χ4n) is 2.43. The quantitative estimate of drug-likeness (QED) is 0.813. The molecule has 2 N–H and O–H groups in total. The van der Waals surface area contributed by atoms with Crippen LogP contribution in [-0.2, 0) is 5.41 Å². The summed E-state index contributed by atoms with van der Waals surface area (Å²) in [7, 11) is 0. The number of hydrogen-bond acceptors (Lipinski definition) is 2. The smallest absolute Gasteiger partial charge is 0.131 e. The van der Waals surface area contributed by atoms with Gasteiger partial charge in [0, 0.05) is 12.0 Å². The molecule has 15 heavy (non-hydrogen) atoms. The Hall–Kier alpha value is -0.310. The van der Waals surface area contributed by atoms with Crippen molar-refractivity contribution in [2.45, 2.75) is 31.1 Å². The summed E-state index contributed by atoms with van der Waals surface area (Å²) in [6, 6.07) is 3.79. The standard InChI is InChI=1S/C11H14Cl2N2/c12-9-5-8(6-10(13)15-9)11(7-14)3-1-2-4-11/h5-6H,1-4,7,14H2. The second-order valence-corrected chi connectivity index (χ2v) is 4.97. The van der Waals surface area contributed by atoms with E-state index < -0.39 is 0 Å². The Labute approximate surface area is 99.8 Å². The van der Waals surface area contributed by atoms with Gasteiger partial charge in [0.25, 0.3) is 0 Å². The first-order valence-corrected chi connectivity index (χ1v) is 5.95. The van der Waals surface area contributed by atoms with Crippen LogP contribution in [0, 0.1) is 0 Å². The molecule has 1 aliphatic rings. The van der Waals surface area contributed by atoms with Gasteiger partial charge in [0.05, 0.1) is 0 Å². The number of rotatable bonds is 2. The van der Waals surface area contributed by atoms with E-state index >= 15 is 0 Å². The molecule has 0 aromatic carbocycles. The van der Waals surface area contributed by atoms with Crippen molar-refractivity contribution in [3.8, 4) is 0 Å². The molecular formula is C11H14Cl2N2. The van der Waals surface area contributed by atoms with Crippen LogP contribution in [0.4, 0.5) is 0 Å². The number of nitrogens with two attached hydrogens (primary N) is 1. The highest BCUT2D eigenvalue weighted by atomic mass is 35.5. The summed E-state index contributed by atoms with van der Waals surface area (Å²) in [5.41, 5.74) is 7.12. The summed E-state index contributed by atoms with van der Waals surface area (Å²) in [6.45, 7) is 0.656. The predicted molar refractivity (Wildman–Crippen MR) is 63.5 cm³/mol. The molecule has 0 atom stereocenters. The number of nitrogens with zero attached hydrogens (tertiary/aromatic N) is 1. The van der Waals surface area contributed by atoms with Crippen LogP contribution in [0.3, 0.4) is 0 Å². The topological polar surface area (TPSA) is 38.9 Å². The number of aromatic nitrogens is 1. The zero-order chi connectivity index (χ0) is 10.9. The molecule has 0 spiro atoms. The summed E-state index contributed by atoms with van der Waals surface area (Å²) in [6.07, 6.45) is 4.71. The average molecular weight is 245 g/mol. The maximum Gasteiger partial charge on any atom is 0.131 e. The lowest BCUT2D eigenvalue weighted by molar-refractivity contribution is 0.452. The van der Waals surface area contributed by atoms with Gasteiger partial charge in [0.15, 0.2) is 0 Å². The third-order valence-corrected chi connectivity index (χ3v) is 3.71. The van der Waals surface area contributed by atoms with E-state index in [1.54, 1.807) is 0 Å². The zero-order valence-electron chi connectivity index (χ0n) is 8.47. The Morgan fingerprint density at radius 2 is 1.73 bits per heavy atom. The van der Waals surface area contributed by atoms with Crippen molar-refractivity contribution >= 4 is 23.2 Å². The molecule has 2 rings (SSSR count). The molecule has 0 aliphatic heterocycles. The largest absolute Gasteiger partial charge is 0.330 e. The number of hydrogen-bond donors (Lipinski definition) is 1. The molecule has 0 amide bonds. The first-order chi connectivity index (χ1) is 7.16. The first kappa shape index (κ1) is 11.2. The van der Waals surface area contributed by atoms with E-state index in [9.17, 15) is 0 Å². The van der Waals surface area contributed by atoms with E-state index in [1.807, 2.05) is 12.1 Å².